The number of thiazole rings is 1. The van der Waals surface area contributed by atoms with Crippen molar-refractivity contribution in [1.29, 1.82) is 0 Å². The highest BCUT2D eigenvalue weighted by atomic mass is 32.1. The molecule has 2 N–H and O–H groups in total. The van der Waals surface area contributed by atoms with Gasteiger partial charge in [-0.1, -0.05) is 0 Å². The van der Waals surface area contributed by atoms with Crippen LogP contribution in [0.3, 0.4) is 0 Å². The van der Waals surface area contributed by atoms with Gasteiger partial charge >= 0.3 is 0 Å². The smallest absolute Gasteiger partial charge is 0.0897 e. The molecule has 0 spiro atoms. The van der Waals surface area contributed by atoms with E-state index in [-0.39, 0.29) is 6.10 Å². The largest absolute Gasteiger partial charge is 0.393 e. The molecule has 0 radical (unpaired) electrons. The van der Waals surface area contributed by atoms with E-state index < -0.39 is 0 Å². The van der Waals surface area contributed by atoms with E-state index in [0.717, 1.165) is 36.6 Å². The molecule has 1 fully saturated rings. The number of aliphatic hydroxyl groups excluding tert-OH is 1. The van der Waals surface area contributed by atoms with Gasteiger partial charge in [0.2, 0.25) is 0 Å². The zero-order valence-electron chi connectivity index (χ0n) is 8.36. The van der Waals surface area contributed by atoms with Crippen molar-refractivity contribution in [2.45, 2.75) is 32.4 Å². The number of aliphatic hydroxyl groups is 1. The summed E-state index contributed by atoms with van der Waals surface area (Å²) in [6.45, 7) is 3.89. The monoisotopic (exact) mass is 212 g/mol. The molecule has 1 aromatic rings. The molecule has 1 saturated carbocycles. The van der Waals surface area contributed by atoms with Gasteiger partial charge in [-0.3, -0.25) is 0 Å². The van der Waals surface area contributed by atoms with Crippen LogP contribution in [0.15, 0.2) is 5.38 Å². The maximum Gasteiger partial charge on any atom is 0.0897 e. The second kappa shape index (κ2) is 4.38. The van der Waals surface area contributed by atoms with Crippen LogP contribution in [0.1, 0.15) is 23.5 Å². The molecule has 0 atom stereocenters. The summed E-state index contributed by atoms with van der Waals surface area (Å²) in [6, 6.07) is 0. The van der Waals surface area contributed by atoms with E-state index in [0.29, 0.717) is 5.92 Å². The predicted octanol–water partition coefficient (Wildman–Crippen LogP) is 1.31. The first-order valence-electron chi connectivity index (χ1n) is 5.04. The summed E-state index contributed by atoms with van der Waals surface area (Å²) in [7, 11) is 0. The summed E-state index contributed by atoms with van der Waals surface area (Å²) in [4.78, 5) is 4.37. The maximum atomic E-state index is 9.10. The lowest BCUT2D eigenvalue weighted by atomic mass is 9.82. The molecule has 4 heteroatoms. The first-order chi connectivity index (χ1) is 6.74. The average molecular weight is 212 g/mol. The van der Waals surface area contributed by atoms with E-state index in [1.54, 1.807) is 11.3 Å². The zero-order chi connectivity index (χ0) is 9.97. The van der Waals surface area contributed by atoms with Crippen LogP contribution in [-0.2, 0) is 6.54 Å². The van der Waals surface area contributed by atoms with Crippen molar-refractivity contribution in [2.75, 3.05) is 6.54 Å². The highest BCUT2D eigenvalue weighted by molar-refractivity contribution is 7.09. The molecule has 1 heterocycles. The Hall–Kier alpha value is -0.450. The Morgan fingerprint density at radius 2 is 2.43 bits per heavy atom. The molecule has 14 heavy (non-hydrogen) atoms. The van der Waals surface area contributed by atoms with Crippen LogP contribution >= 0.6 is 11.3 Å². The van der Waals surface area contributed by atoms with Gasteiger partial charge in [0.05, 0.1) is 16.8 Å². The fraction of sp³-hybridized carbons (Fsp3) is 0.700. The van der Waals surface area contributed by atoms with Gasteiger partial charge in [-0.15, -0.1) is 11.3 Å². The normalized spacial score (nSPS) is 26.1. The van der Waals surface area contributed by atoms with Crippen LogP contribution in [0.5, 0.6) is 0 Å². The molecule has 1 aliphatic rings. The van der Waals surface area contributed by atoms with Crippen LogP contribution < -0.4 is 5.32 Å². The lowest BCUT2D eigenvalue weighted by Crippen LogP contribution is -2.35. The first kappa shape index (κ1) is 10.1. The highest BCUT2D eigenvalue weighted by Gasteiger charge is 2.26. The third-order valence-electron chi connectivity index (χ3n) is 2.62. The molecule has 0 aromatic carbocycles. The van der Waals surface area contributed by atoms with Gasteiger partial charge in [-0.05, 0) is 32.2 Å². The molecule has 1 aromatic heterocycles. The van der Waals surface area contributed by atoms with Crippen LogP contribution in [0.25, 0.3) is 0 Å². The minimum atomic E-state index is -0.0386. The summed E-state index contributed by atoms with van der Waals surface area (Å²) in [5.74, 6) is 0.671. The Bertz CT molecular complexity index is 294. The summed E-state index contributed by atoms with van der Waals surface area (Å²) >= 11 is 1.69. The Morgan fingerprint density at radius 3 is 3.00 bits per heavy atom. The maximum absolute atomic E-state index is 9.10. The number of hydrogen-bond donors (Lipinski definition) is 2. The molecule has 0 aliphatic heterocycles. The fourth-order valence-electron chi connectivity index (χ4n) is 1.76. The number of aryl methyl sites for hydroxylation is 1. The topological polar surface area (TPSA) is 45.2 Å². The number of nitrogens with zero attached hydrogens (tertiary/aromatic N) is 1. The fourth-order valence-corrected chi connectivity index (χ4v) is 2.37. The molecule has 3 nitrogen and oxygen atoms in total. The van der Waals surface area contributed by atoms with Crippen molar-refractivity contribution in [1.82, 2.24) is 10.3 Å². The van der Waals surface area contributed by atoms with Gasteiger partial charge in [0, 0.05) is 11.9 Å². The summed E-state index contributed by atoms with van der Waals surface area (Å²) in [6.07, 6.45) is 1.88. The quantitative estimate of drug-likeness (QED) is 0.791. The van der Waals surface area contributed by atoms with Gasteiger partial charge in [-0.2, -0.15) is 0 Å². The van der Waals surface area contributed by atoms with E-state index in [2.05, 4.69) is 15.7 Å². The van der Waals surface area contributed by atoms with Gasteiger partial charge in [0.15, 0.2) is 0 Å². The number of hydrogen-bond acceptors (Lipinski definition) is 4. The number of rotatable bonds is 4. The van der Waals surface area contributed by atoms with Crippen molar-refractivity contribution < 1.29 is 5.11 Å². The molecular formula is C10H16N2OS. The average Bonchev–Trinajstić information content (AvgIpc) is 2.48. The van der Waals surface area contributed by atoms with Gasteiger partial charge in [0.1, 0.15) is 0 Å². The minimum Gasteiger partial charge on any atom is -0.393 e. The van der Waals surface area contributed by atoms with Crippen molar-refractivity contribution in [3.63, 3.8) is 0 Å². The second-order valence-corrected chi connectivity index (χ2v) is 5.04. The molecule has 2 rings (SSSR count). The predicted molar refractivity (Wildman–Crippen MR) is 57.3 cm³/mol. The van der Waals surface area contributed by atoms with Crippen LogP contribution in [0.4, 0.5) is 0 Å². The van der Waals surface area contributed by atoms with E-state index >= 15 is 0 Å². The van der Waals surface area contributed by atoms with Crippen molar-refractivity contribution >= 4 is 11.3 Å². The number of nitrogens with one attached hydrogen (secondary N) is 1. The zero-order valence-corrected chi connectivity index (χ0v) is 9.18. The molecule has 0 bridgehead atoms. The minimum absolute atomic E-state index is 0.0386. The van der Waals surface area contributed by atoms with E-state index in [1.165, 1.54) is 0 Å². The van der Waals surface area contributed by atoms with Crippen LogP contribution in [-0.4, -0.2) is 22.7 Å². The Labute approximate surface area is 88.2 Å². The summed E-state index contributed by atoms with van der Waals surface area (Å²) in [5, 5.41) is 15.7. The van der Waals surface area contributed by atoms with Crippen LogP contribution in [0, 0.1) is 12.8 Å². The van der Waals surface area contributed by atoms with E-state index in [9.17, 15) is 0 Å². The standard InChI is InChI=1S/C10H16N2OS/c1-7-12-9(6-14-7)5-11-4-8-2-10(13)3-8/h6,8,10-11,13H,2-5H2,1H3. The van der Waals surface area contributed by atoms with Crippen LogP contribution in [0.2, 0.25) is 0 Å². The lowest BCUT2D eigenvalue weighted by Gasteiger charge is -2.31. The van der Waals surface area contributed by atoms with Crippen molar-refractivity contribution in [3.8, 4) is 0 Å². The SMILES string of the molecule is Cc1nc(CNCC2CC(O)C2)cs1. The van der Waals surface area contributed by atoms with Gasteiger partial charge < -0.3 is 10.4 Å². The van der Waals surface area contributed by atoms with Crippen molar-refractivity contribution in [3.05, 3.63) is 16.1 Å². The molecule has 0 saturated heterocycles. The summed E-state index contributed by atoms with van der Waals surface area (Å²) < 4.78 is 0. The molecule has 0 amide bonds. The molecule has 0 unspecified atom stereocenters. The molecular weight excluding hydrogens is 196 g/mol. The van der Waals surface area contributed by atoms with E-state index in [1.807, 2.05) is 6.92 Å². The Balaban J connectivity index is 1.63. The second-order valence-electron chi connectivity index (χ2n) is 3.98. The number of aromatic nitrogens is 1. The third-order valence-corrected chi connectivity index (χ3v) is 3.44. The summed E-state index contributed by atoms with van der Waals surface area (Å²) in [5.41, 5.74) is 1.13. The molecule has 78 valence electrons. The third kappa shape index (κ3) is 2.53. The van der Waals surface area contributed by atoms with Gasteiger partial charge in [-0.25, -0.2) is 4.98 Å². The first-order valence-corrected chi connectivity index (χ1v) is 5.92. The van der Waals surface area contributed by atoms with Crippen molar-refractivity contribution in [2.24, 2.45) is 5.92 Å². The lowest BCUT2D eigenvalue weighted by molar-refractivity contribution is 0.0429. The Kier molecular flexibility index (Phi) is 3.15. The van der Waals surface area contributed by atoms with E-state index in [4.69, 9.17) is 5.11 Å². The molecule has 1 aliphatic carbocycles. The van der Waals surface area contributed by atoms with Gasteiger partial charge in [0.25, 0.3) is 0 Å². The highest BCUT2D eigenvalue weighted by Crippen LogP contribution is 2.26. The Morgan fingerprint density at radius 1 is 1.64 bits per heavy atom.